The van der Waals surface area contributed by atoms with Crippen molar-refractivity contribution in [2.45, 2.75) is 13.5 Å². The van der Waals surface area contributed by atoms with Gasteiger partial charge < -0.3 is 15.2 Å². The number of fused-ring (bicyclic) bond motifs is 1. The normalized spacial score (nSPS) is 14.8. The SMILES string of the molecule is C=CC(=O)Nc1cc(-c2c(-c3ccc(CN4CCN(C)CC4)cc3)[nH]c3nccc(Cl)c23)ccc1C. The lowest BCUT2D eigenvalue weighted by atomic mass is 9.96. The van der Waals surface area contributed by atoms with Gasteiger partial charge >= 0.3 is 0 Å². The van der Waals surface area contributed by atoms with Crippen molar-refractivity contribution in [2.24, 2.45) is 0 Å². The highest BCUT2D eigenvalue weighted by Crippen LogP contribution is 2.41. The molecule has 6 nitrogen and oxygen atoms in total. The summed E-state index contributed by atoms with van der Waals surface area (Å²) in [5.74, 6) is -0.245. The predicted molar refractivity (Wildman–Crippen MR) is 148 cm³/mol. The Bertz CT molecular complexity index is 1420. The molecule has 3 heterocycles. The van der Waals surface area contributed by atoms with Crippen molar-refractivity contribution in [2.75, 3.05) is 38.5 Å². The molecule has 0 bridgehead atoms. The van der Waals surface area contributed by atoms with Crippen molar-refractivity contribution in [1.29, 1.82) is 0 Å². The predicted octanol–water partition coefficient (Wildman–Crippen LogP) is 5.73. The van der Waals surface area contributed by atoms with E-state index in [9.17, 15) is 4.79 Å². The Hall–Kier alpha value is -3.45. The largest absolute Gasteiger partial charge is 0.339 e. The first-order chi connectivity index (χ1) is 17.4. The zero-order valence-corrected chi connectivity index (χ0v) is 21.4. The van der Waals surface area contributed by atoms with Gasteiger partial charge in [0, 0.05) is 55.6 Å². The first-order valence-corrected chi connectivity index (χ1v) is 12.5. The van der Waals surface area contributed by atoms with Crippen LogP contribution in [-0.4, -0.2) is 58.9 Å². The minimum Gasteiger partial charge on any atom is -0.339 e. The first-order valence-electron chi connectivity index (χ1n) is 12.1. The van der Waals surface area contributed by atoms with E-state index in [-0.39, 0.29) is 5.91 Å². The van der Waals surface area contributed by atoms with Crippen molar-refractivity contribution in [3.63, 3.8) is 0 Å². The van der Waals surface area contributed by atoms with E-state index in [4.69, 9.17) is 11.6 Å². The van der Waals surface area contributed by atoms with Crippen molar-refractivity contribution >= 4 is 34.2 Å². The third kappa shape index (κ3) is 4.93. The highest BCUT2D eigenvalue weighted by atomic mass is 35.5. The molecule has 1 saturated heterocycles. The van der Waals surface area contributed by atoms with Crippen LogP contribution in [0.25, 0.3) is 33.4 Å². The summed E-state index contributed by atoms with van der Waals surface area (Å²) in [6.07, 6.45) is 2.98. The summed E-state index contributed by atoms with van der Waals surface area (Å²) in [6, 6.07) is 16.5. The molecule has 184 valence electrons. The Morgan fingerprint density at radius 1 is 1.11 bits per heavy atom. The Balaban J connectivity index is 1.54. The number of aromatic amines is 1. The number of nitrogens with zero attached hydrogens (tertiary/aromatic N) is 3. The molecule has 0 atom stereocenters. The molecule has 0 unspecified atom stereocenters. The summed E-state index contributed by atoms with van der Waals surface area (Å²) >= 11 is 6.68. The van der Waals surface area contributed by atoms with E-state index in [2.05, 4.69) is 69.0 Å². The molecular formula is C29H30ClN5O. The Morgan fingerprint density at radius 2 is 1.83 bits per heavy atom. The molecule has 0 spiro atoms. The van der Waals surface area contributed by atoms with Crippen LogP contribution in [0, 0.1) is 6.92 Å². The average Bonchev–Trinajstić information content (AvgIpc) is 3.28. The van der Waals surface area contributed by atoms with Gasteiger partial charge in [0.05, 0.1) is 10.7 Å². The number of carbonyl (C=O) groups is 1. The van der Waals surface area contributed by atoms with Gasteiger partial charge in [0.2, 0.25) is 5.91 Å². The number of aryl methyl sites for hydroxylation is 1. The highest BCUT2D eigenvalue weighted by molar-refractivity contribution is 6.36. The second-order valence-electron chi connectivity index (χ2n) is 9.39. The number of nitrogens with one attached hydrogen (secondary N) is 2. The molecule has 36 heavy (non-hydrogen) atoms. The van der Waals surface area contributed by atoms with Crippen LogP contribution in [0.5, 0.6) is 0 Å². The number of hydrogen-bond acceptors (Lipinski definition) is 4. The maximum absolute atomic E-state index is 12.0. The number of piperazine rings is 1. The van der Waals surface area contributed by atoms with Crippen LogP contribution in [0.3, 0.4) is 0 Å². The van der Waals surface area contributed by atoms with Crippen LogP contribution in [0.2, 0.25) is 5.02 Å². The molecule has 7 heteroatoms. The molecule has 5 rings (SSSR count). The van der Waals surface area contributed by atoms with E-state index >= 15 is 0 Å². The standard InChI is InChI=1S/C29H30ClN5O/c1-4-25(36)32-24-17-22(8-5-19(24)2)26-27-23(30)11-12-31-29(27)33-28(26)21-9-6-20(7-10-21)18-35-15-13-34(3)14-16-35/h4-12,17H,1,13-16,18H2,2-3H3,(H,31,33)(H,32,36). The van der Waals surface area contributed by atoms with Crippen molar-refractivity contribution in [1.82, 2.24) is 19.8 Å². The lowest BCUT2D eigenvalue weighted by Crippen LogP contribution is -2.43. The van der Waals surface area contributed by atoms with E-state index < -0.39 is 0 Å². The van der Waals surface area contributed by atoms with Crippen LogP contribution in [0.15, 0.2) is 67.4 Å². The molecular weight excluding hydrogens is 470 g/mol. The van der Waals surface area contributed by atoms with Gasteiger partial charge in [-0.05, 0) is 54.4 Å². The number of hydrogen-bond donors (Lipinski definition) is 2. The van der Waals surface area contributed by atoms with Gasteiger partial charge in [-0.1, -0.05) is 54.6 Å². The quantitative estimate of drug-likeness (QED) is 0.332. The van der Waals surface area contributed by atoms with Crippen LogP contribution < -0.4 is 5.32 Å². The second kappa shape index (κ2) is 10.3. The minimum atomic E-state index is -0.245. The molecule has 2 aromatic heterocycles. The number of carbonyl (C=O) groups excluding carboxylic acids is 1. The van der Waals surface area contributed by atoms with Crippen molar-refractivity contribution in [3.05, 3.63) is 83.5 Å². The summed E-state index contributed by atoms with van der Waals surface area (Å²) in [5, 5.41) is 4.40. The number of rotatable bonds is 6. The Morgan fingerprint density at radius 3 is 2.56 bits per heavy atom. The molecule has 1 aliphatic rings. The summed E-state index contributed by atoms with van der Waals surface area (Å²) < 4.78 is 0. The third-order valence-electron chi connectivity index (χ3n) is 6.86. The summed E-state index contributed by atoms with van der Waals surface area (Å²) in [5.41, 5.74) is 7.63. The lowest BCUT2D eigenvalue weighted by Gasteiger charge is -2.32. The lowest BCUT2D eigenvalue weighted by molar-refractivity contribution is -0.111. The summed E-state index contributed by atoms with van der Waals surface area (Å²) in [6.45, 7) is 10.9. The maximum Gasteiger partial charge on any atom is 0.247 e. The minimum absolute atomic E-state index is 0.245. The fourth-order valence-corrected chi connectivity index (χ4v) is 4.96. The zero-order chi connectivity index (χ0) is 25.2. The topological polar surface area (TPSA) is 64.3 Å². The van der Waals surface area contributed by atoms with E-state index in [1.165, 1.54) is 11.6 Å². The van der Waals surface area contributed by atoms with Crippen LogP contribution in [0.1, 0.15) is 11.1 Å². The number of H-pyrrole nitrogens is 1. The van der Waals surface area contributed by atoms with E-state index in [0.717, 1.165) is 77.4 Å². The molecule has 1 aliphatic heterocycles. The number of pyridine rings is 1. The molecule has 2 aromatic carbocycles. The van der Waals surface area contributed by atoms with Crippen LogP contribution in [-0.2, 0) is 11.3 Å². The van der Waals surface area contributed by atoms with Gasteiger partial charge in [-0.25, -0.2) is 4.98 Å². The van der Waals surface area contributed by atoms with Crippen molar-refractivity contribution in [3.8, 4) is 22.4 Å². The molecule has 0 saturated carbocycles. The van der Waals surface area contributed by atoms with Gasteiger partial charge in [0.15, 0.2) is 0 Å². The Labute approximate surface area is 216 Å². The van der Waals surface area contributed by atoms with Gasteiger partial charge in [0.25, 0.3) is 0 Å². The van der Waals surface area contributed by atoms with Gasteiger partial charge in [0.1, 0.15) is 5.65 Å². The van der Waals surface area contributed by atoms with Gasteiger partial charge in [-0.2, -0.15) is 0 Å². The zero-order valence-electron chi connectivity index (χ0n) is 20.6. The number of likely N-dealkylation sites (N-methyl/N-ethyl adjacent to an activating group) is 1. The fraction of sp³-hybridized carbons (Fsp3) is 0.241. The van der Waals surface area contributed by atoms with E-state index in [1.807, 2.05) is 19.1 Å². The second-order valence-corrected chi connectivity index (χ2v) is 9.80. The number of amides is 1. The third-order valence-corrected chi connectivity index (χ3v) is 7.17. The first kappa shape index (κ1) is 24.3. The van der Waals surface area contributed by atoms with Crippen molar-refractivity contribution < 1.29 is 4.79 Å². The molecule has 1 fully saturated rings. The number of benzene rings is 2. The van der Waals surface area contributed by atoms with Crippen LogP contribution >= 0.6 is 11.6 Å². The van der Waals surface area contributed by atoms with E-state index in [0.29, 0.717) is 5.02 Å². The molecule has 0 aliphatic carbocycles. The Kier molecular flexibility index (Phi) is 6.92. The smallest absolute Gasteiger partial charge is 0.247 e. The fourth-order valence-electron chi connectivity index (χ4n) is 4.72. The molecule has 4 aromatic rings. The number of halogens is 1. The monoisotopic (exact) mass is 499 g/mol. The number of anilines is 1. The van der Waals surface area contributed by atoms with Crippen LogP contribution in [0.4, 0.5) is 5.69 Å². The van der Waals surface area contributed by atoms with Gasteiger partial charge in [-0.3, -0.25) is 9.69 Å². The van der Waals surface area contributed by atoms with Gasteiger partial charge in [-0.15, -0.1) is 0 Å². The highest BCUT2D eigenvalue weighted by Gasteiger charge is 2.20. The number of aromatic nitrogens is 2. The molecule has 1 amide bonds. The van der Waals surface area contributed by atoms with E-state index in [1.54, 1.807) is 12.3 Å². The molecule has 0 radical (unpaired) electrons. The summed E-state index contributed by atoms with van der Waals surface area (Å²) in [7, 11) is 2.18. The maximum atomic E-state index is 12.0. The summed E-state index contributed by atoms with van der Waals surface area (Å²) in [4.78, 5) is 24.9. The average molecular weight is 500 g/mol. The molecule has 2 N–H and O–H groups in total.